The Morgan fingerprint density at radius 2 is 1.30 bits per heavy atom. The van der Waals surface area contributed by atoms with Crippen LogP contribution in [-0.2, 0) is 37.3 Å². The topological polar surface area (TPSA) is 46.7 Å². The first kappa shape index (κ1) is 45.9. The second-order valence-electron chi connectivity index (χ2n) is 21.1. The van der Waals surface area contributed by atoms with Crippen molar-refractivity contribution in [3.63, 3.8) is 0 Å². The molecule has 1 aliphatic heterocycles. The van der Waals surface area contributed by atoms with Crippen LogP contribution >= 0.6 is 0 Å². The third kappa shape index (κ3) is 8.44. The fraction of sp³-hybridized carbons (Fsp3) is 0.194. The molecular formula is C62H55N4O2Pt-3. The summed E-state index contributed by atoms with van der Waals surface area (Å²) in [6.07, 6.45) is 4.21. The first-order valence-corrected chi connectivity index (χ1v) is 23.5. The van der Waals surface area contributed by atoms with E-state index in [4.69, 9.17) is 14.1 Å². The van der Waals surface area contributed by atoms with E-state index in [1.807, 2.05) is 30.5 Å². The maximum Gasteiger partial charge on any atom is 0.135 e. The minimum Gasteiger partial charge on any atom is -0.512 e. The molecule has 0 radical (unpaired) electrons. The number of rotatable bonds is 7. The van der Waals surface area contributed by atoms with E-state index in [2.05, 4.69) is 229 Å². The standard InChI is InChI=1S/C62H55N4O2.Pt/c1-60(2,3)42-28-26-40(27-29-42)51-37-63-58(36-52(51)62(7,8)9)66-53-24-15-13-22-47(53)48-31-30-46(35-54(48)66)67-57-34-45(33-50-49-23-14-16-25-56(49)68-59(50)57)64-38-55(41-18-11-10-12-19-41)65(39-64)44-21-17-20-43(32-44)61(4,5)6;/h10-33,36-39H,1-9H3;/q-3;. The number of benzene rings is 7. The Bertz CT molecular complexity index is 3580. The van der Waals surface area contributed by atoms with Crippen LogP contribution < -0.4 is 14.5 Å². The largest absolute Gasteiger partial charge is 0.512 e. The average Bonchev–Trinajstić information content (AvgIpc) is 4.04. The van der Waals surface area contributed by atoms with Crippen molar-refractivity contribution in [3.05, 3.63) is 205 Å². The molecule has 11 rings (SSSR count). The fourth-order valence-corrected chi connectivity index (χ4v) is 9.48. The molecule has 0 spiro atoms. The Balaban J connectivity index is 0.00000553. The van der Waals surface area contributed by atoms with Crippen molar-refractivity contribution in [2.75, 3.05) is 9.80 Å². The number of furan rings is 1. The maximum absolute atomic E-state index is 6.97. The summed E-state index contributed by atoms with van der Waals surface area (Å²) in [6.45, 7) is 22.4. The molecule has 10 aromatic rings. The summed E-state index contributed by atoms with van der Waals surface area (Å²) in [7, 11) is 0. The van der Waals surface area contributed by atoms with E-state index in [-0.39, 0.29) is 37.3 Å². The zero-order valence-corrected chi connectivity index (χ0v) is 42.9. The van der Waals surface area contributed by atoms with Crippen LogP contribution in [0.25, 0.3) is 66.4 Å². The normalized spacial score (nSPS) is 13.4. The van der Waals surface area contributed by atoms with Crippen molar-refractivity contribution in [2.24, 2.45) is 0 Å². The van der Waals surface area contributed by atoms with Gasteiger partial charge >= 0.3 is 0 Å². The van der Waals surface area contributed by atoms with Crippen LogP contribution in [0.5, 0.6) is 11.5 Å². The number of hydrogen-bond acceptors (Lipinski definition) is 5. The average molecular weight is 1080 g/mol. The molecule has 0 atom stereocenters. The summed E-state index contributed by atoms with van der Waals surface area (Å²) in [4.78, 5) is 9.60. The molecule has 7 heteroatoms. The number of para-hydroxylation sites is 2. The van der Waals surface area contributed by atoms with Gasteiger partial charge in [-0.1, -0.05) is 176 Å². The van der Waals surface area contributed by atoms with Gasteiger partial charge in [0.25, 0.3) is 0 Å². The quantitative estimate of drug-likeness (QED) is 0.149. The summed E-state index contributed by atoms with van der Waals surface area (Å²) in [5.41, 5.74) is 13.3. The van der Waals surface area contributed by atoms with Crippen LogP contribution in [0, 0.1) is 18.8 Å². The van der Waals surface area contributed by atoms with Crippen LogP contribution in [0.2, 0.25) is 0 Å². The molecular weight excluding hydrogens is 1030 g/mol. The van der Waals surface area contributed by atoms with E-state index in [1.165, 1.54) is 16.7 Å². The number of hydrogen-bond donors (Lipinski definition) is 0. The fourth-order valence-electron chi connectivity index (χ4n) is 9.48. The Morgan fingerprint density at radius 1 is 0.594 bits per heavy atom. The van der Waals surface area contributed by atoms with Gasteiger partial charge in [0.05, 0.1) is 11.3 Å². The number of nitrogens with zero attached hydrogens (tertiary/aromatic N) is 4. The van der Waals surface area contributed by atoms with Crippen LogP contribution in [-0.4, -0.2) is 9.55 Å². The van der Waals surface area contributed by atoms with Gasteiger partial charge in [0, 0.05) is 60.9 Å². The van der Waals surface area contributed by atoms with Gasteiger partial charge in [-0.2, -0.15) is 6.07 Å². The van der Waals surface area contributed by atoms with Crippen LogP contribution in [0.4, 0.5) is 11.4 Å². The predicted octanol–water partition coefficient (Wildman–Crippen LogP) is 16.5. The van der Waals surface area contributed by atoms with Crippen molar-refractivity contribution in [1.29, 1.82) is 0 Å². The molecule has 0 unspecified atom stereocenters. The third-order valence-corrected chi connectivity index (χ3v) is 13.2. The van der Waals surface area contributed by atoms with Gasteiger partial charge in [0.2, 0.25) is 0 Å². The van der Waals surface area contributed by atoms with Crippen molar-refractivity contribution >= 4 is 60.8 Å². The SMILES string of the molecule is CC(C)(C)c1ccc(-c2cnc(-n3c4[c-]c(Oc5[c-]c(N6C=C(c7ccccc7)N(c7cccc(C(C)(C)C)c7)[CH-]6)cc6c5oc5ccccc56)ccc4c4ccccc43)cc2C(C)(C)C)cc1.[Pt]. The van der Waals surface area contributed by atoms with Gasteiger partial charge < -0.3 is 23.5 Å². The Hall–Kier alpha value is -6.88. The molecule has 0 fully saturated rings. The minimum atomic E-state index is -0.164. The van der Waals surface area contributed by atoms with E-state index < -0.39 is 0 Å². The smallest absolute Gasteiger partial charge is 0.135 e. The number of aromatic nitrogens is 2. The maximum atomic E-state index is 6.97. The molecule has 0 N–H and O–H groups in total. The zero-order chi connectivity index (χ0) is 47.1. The predicted molar refractivity (Wildman–Crippen MR) is 282 cm³/mol. The molecule has 7 aromatic carbocycles. The number of fused-ring (bicyclic) bond motifs is 6. The van der Waals surface area contributed by atoms with E-state index in [0.29, 0.717) is 17.1 Å². The van der Waals surface area contributed by atoms with Gasteiger partial charge in [-0.3, -0.25) is 0 Å². The van der Waals surface area contributed by atoms with Crippen molar-refractivity contribution in [1.82, 2.24) is 9.55 Å². The number of anilines is 2. The number of ether oxygens (including phenoxy) is 1. The third-order valence-electron chi connectivity index (χ3n) is 13.2. The van der Waals surface area contributed by atoms with Crippen molar-refractivity contribution in [2.45, 2.75) is 78.6 Å². The van der Waals surface area contributed by atoms with Gasteiger partial charge in [-0.25, -0.2) is 4.98 Å². The molecule has 69 heavy (non-hydrogen) atoms. The van der Waals surface area contributed by atoms with Gasteiger partial charge in [0.15, 0.2) is 0 Å². The Kier molecular flexibility index (Phi) is 11.5. The van der Waals surface area contributed by atoms with Crippen molar-refractivity contribution in [3.8, 4) is 28.4 Å². The van der Waals surface area contributed by atoms with Gasteiger partial charge in [-0.15, -0.1) is 42.0 Å². The monoisotopic (exact) mass is 1080 g/mol. The van der Waals surface area contributed by atoms with Crippen molar-refractivity contribution < 1.29 is 30.2 Å². The molecule has 0 saturated carbocycles. The molecule has 4 heterocycles. The molecule has 1 aliphatic rings. The number of pyridine rings is 1. The summed E-state index contributed by atoms with van der Waals surface area (Å²) in [5.74, 6) is 1.83. The first-order valence-electron chi connectivity index (χ1n) is 23.5. The minimum absolute atomic E-state index is 0. The van der Waals surface area contributed by atoms with Gasteiger partial charge in [-0.05, 0) is 86.0 Å². The van der Waals surface area contributed by atoms with E-state index in [9.17, 15) is 0 Å². The van der Waals surface area contributed by atoms with Gasteiger partial charge in [0.1, 0.15) is 11.4 Å². The molecule has 6 nitrogen and oxygen atoms in total. The molecule has 3 aromatic heterocycles. The van der Waals surface area contributed by atoms with E-state index in [0.717, 1.165) is 77.7 Å². The summed E-state index contributed by atoms with van der Waals surface area (Å²) >= 11 is 0. The van der Waals surface area contributed by atoms with Crippen LogP contribution in [0.3, 0.4) is 0 Å². The molecule has 0 aliphatic carbocycles. The molecule has 0 bridgehead atoms. The second kappa shape index (κ2) is 17.3. The second-order valence-corrected chi connectivity index (χ2v) is 21.1. The first-order chi connectivity index (χ1) is 32.6. The summed E-state index contributed by atoms with van der Waals surface area (Å²) in [6, 6.07) is 60.8. The summed E-state index contributed by atoms with van der Waals surface area (Å²) < 4.78 is 15.8. The van der Waals surface area contributed by atoms with E-state index in [1.54, 1.807) is 0 Å². The van der Waals surface area contributed by atoms with Crippen LogP contribution in [0.15, 0.2) is 168 Å². The molecule has 0 saturated heterocycles. The van der Waals surface area contributed by atoms with Crippen LogP contribution in [0.1, 0.15) is 84.6 Å². The Labute approximate surface area is 420 Å². The zero-order valence-electron chi connectivity index (χ0n) is 40.6. The van der Waals surface area contributed by atoms with E-state index >= 15 is 0 Å². The Morgan fingerprint density at radius 3 is 2.04 bits per heavy atom. The summed E-state index contributed by atoms with van der Waals surface area (Å²) in [5, 5.41) is 4.10. The molecule has 348 valence electrons. The molecule has 0 amide bonds.